The number of benzene rings is 2. The fourth-order valence-electron chi connectivity index (χ4n) is 3.23. The van der Waals surface area contributed by atoms with Gasteiger partial charge in [-0.15, -0.1) is 0 Å². The highest BCUT2D eigenvalue weighted by molar-refractivity contribution is 7.89. The molecule has 1 fully saturated rings. The van der Waals surface area contributed by atoms with Crippen molar-refractivity contribution >= 4 is 21.6 Å². The predicted octanol–water partition coefficient (Wildman–Crippen LogP) is 3.79. The Bertz CT molecular complexity index is 1000. The van der Waals surface area contributed by atoms with Gasteiger partial charge in [-0.3, -0.25) is 4.79 Å². The van der Waals surface area contributed by atoms with Crippen LogP contribution in [0.3, 0.4) is 0 Å². The van der Waals surface area contributed by atoms with Crippen molar-refractivity contribution < 1.29 is 26.7 Å². The maximum absolute atomic E-state index is 13.8. The van der Waals surface area contributed by atoms with Crippen LogP contribution < -0.4 is 10.1 Å². The van der Waals surface area contributed by atoms with Gasteiger partial charge in [-0.2, -0.15) is 4.31 Å². The Labute approximate surface area is 168 Å². The Balaban J connectivity index is 1.94. The zero-order valence-electron chi connectivity index (χ0n) is 16.0. The van der Waals surface area contributed by atoms with Crippen molar-refractivity contribution in [1.82, 2.24) is 4.31 Å². The summed E-state index contributed by atoms with van der Waals surface area (Å²) < 4.78 is 60.1. The summed E-state index contributed by atoms with van der Waals surface area (Å²) in [6.45, 7) is 0.798. The molecule has 0 unspecified atom stereocenters. The van der Waals surface area contributed by atoms with Gasteiger partial charge in [0.2, 0.25) is 10.0 Å². The average molecular weight is 424 g/mol. The summed E-state index contributed by atoms with van der Waals surface area (Å²) in [4.78, 5) is 12.4. The van der Waals surface area contributed by atoms with Crippen molar-refractivity contribution in [1.29, 1.82) is 0 Å². The molecule has 0 saturated carbocycles. The first-order chi connectivity index (χ1) is 13.8. The first kappa shape index (κ1) is 21.2. The van der Waals surface area contributed by atoms with Gasteiger partial charge in [0, 0.05) is 24.7 Å². The summed E-state index contributed by atoms with van der Waals surface area (Å²) in [6.07, 6.45) is 3.46. The van der Waals surface area contributed by atoms with Gasteiger partial charge in [0.1, 0.15) is 22.3 Å². The Hall–Kier alpha value is -2.52. The molecule has 1 heterocycles. The number of sulfonamides is 1. The number of carbonyl (C=O) groups excluding carboxylic acids is 1. The minimum atomic E-state index is -3.88. The van der Waals surface area contributed by atoms with E-state index in [0.29, 0.717) is 13.1 Å². The number of nitrogens with zero attached hydrogens (tertiary/aromatic N) is 1. The van der Waals surface area contributed by atoms with E-state index in [1.807, 2.05) is 0 Å². The second-order valence-corrected chi connectivity index (χ2v) is 8.67. The molecule has 0 atom stereocenters. The number of rotatable bonds is 5. The molecular formula is C20H22F2N2O4S. The van der Waals surface area contributed by atoms with Gasteiger partial charge >= 0.3 is 0 Å². The number of anilines is 1. The molecule has 1 N–H and O–H groups in total. The standard InChI is InChI=1S/C20H22F2N2O4S/c1-28-18-9-6-14(20(25)23-17-13-15(21)7-8-16(17)22)12-19(18)29(26,27)24-10-4-2-3-5-11-24/h6-9,12-13H,2-5,10-11H2,1H3,(H,23,25). The maximum atomic E-state index is 13.8. The third kappa shape index (κ3) is 4.73. The summed E-state index contributed by atoms with van der Waals surface area (Å²) in [5.74, 6) is -2.15. The second kappa shape index (κ2) is 8.87. The molecule has 1 saturated heterocycles. The Morgan fingerprint density at radius 1 is 1.03 bits per heavy atom. The fourth-order valence-corrected chi connectivity index (χ4v) is 4.93. The zero-order chi connectivity index (χ0) is 21.0. The first-order valence-corrected chi connectivity index (χ1v) is 10.7. The van der Waals surface area contributed by atoms with Gasteiger partial charge in [0.15, 0.2) is 0 Å². The van der Waals surface area contributed by atoms with Crippen LogP contribution in [0.1, 0.15) is 36.0 Å². The van der Waals surface area contributed by atoms with Gasteiger partial charge in [-0.05, 0) is 43.2 Å². The summed E-state index contributed by atoms with van der Waals surface area (Å²) in [5.41, 5.74) is -0.342. The van der Waals surface area contributed by atoms with Crippen molar-refractivity contribution in [2.45, 2.75) is 30.6 Å². The van der Waals surface area contributed by atoms with E-state index in [-0.39, 0.29) is 21.9 Å². The lowest BCUT2D eigenvalue weighted by Crippen LogP contribution is -2.32. The Morgan fingerprint density at radius 3 is 2.38 bits per heavy atom. The number of methoxy groups -OCH3 is 1. The monoisotopic (exact) mass is 424 g/mol. The van der Waals surface area contributed by atoms with Crippen LogP contribution in [0.15, 0.2) is 41.3 Å². The van der Waals surface area contributed by atoms with Gasteiger partial charge in [-0.25, -0.2) is 17.2 Å². The van der Waals surface area contributed by atoms with Crippen LogP contribution in [-0.4, -0.2) is 38.8 Å². The minimum Gasteiger partial charge on any atom is -0.495 e. The third-order valence-corrected chi connectivity index (χ3v) is 6.71. The topological polar surface area (TPSA) is 75.7 Å². The van der Waals surface area contributed by atoms with Gasteiger partial charge in [-0.1, -0.05) is 12.8 Å². The predicted molar refractivity (Wildman–Crippen MR) is 105 cm³/mol. The molecule has 3 rings (SSSR count). The van der Waals surface area contributed by atoms with E-state index in [1.54, 1.807) is 0 Å². The van der Waals surface area contributed by atoms with Crippen molar-refractivity contribution in [2.75, 3.05) is 25.5 Å². The van der Waals surface area contributed by atoms with E-state index in [4.69, 9.17) is 4.74 Å². The molecular weight excluding hydrogens is 402 g/mol. The Kier molecular flexibility index (Phi) is 6.49. The van der Waals surface area contributed by atoms with Crippen molar-refractivity contribution in [3.05, 3.63) is 53.6 Å². The molecule has 2 aromatic carbocycles. The highest BCUT2D eigenvalue weighted by Gasteiger charge is 2.29. The quantitative estimate of drug-likeness (QED) is 0.792. The average Bonchev–Trinajstić information content (AvgIpc) is 3.00. The van der Waals surface area contributed by atoms with Crippen LogP contribution in [0.25, 0.3) is 0 Å². The third-order valence-electron chi connectivity index (χ3n) is 4.79. The summed E-state index contributed by atoms with van der Waals surface area (Å²) >= 11 is 0. The highest BCUT2D eigenvalue weighted by Crippen LogP contribution is 2.30. The van der Waals surface area contributed by atoms with Crippen LogP contribution in [0.4, 0.5) is 14.5 Å². The van der Waals surface area contributed by atoms with Crippen LogP contribution in [0, 0.1) is 11.6 Å². The SMILES string of the molecule is COc1ccc(C(=O)Nc2cc(F)ccc2F)cc1S(=O)(=O)N1CCCCCC1. The molecule has 0 spiro atoms. The van der Waals surface area contributed by atoms with Crippen LogP contribution >= 0.6 is 0 Å². The second-order valence-electron chi connectivity index (χ2n) is 6.76. The smallest absolute Gasteiger partial charge is 0.255 e. The van der Waals surface area contributed by atoms with E-state index in [9.17, 15) is 22.0 Å². The zero-order valence-corrected chi connectivity index (χ0v) is 16.8. The lowest BCUT2D eigenvalue weighted by molar-refractivity contribution is 0.102. The normalized spacial score (nSPS) is 15.6. The maximum Gasteiger partial charge on any atom is 0.255 e. The van der Waals surface area contributed by atoms with Gasteiger partial charge in [0.05, 0.1) is 12.8 Å². The lowest BCUT2D eigenvalue weighted by atomic mass is 10.2. The molecule has 29 heavy (non-hydrogen) atoms. The molecule has 0 radical (unpaired) electrons. The molecule has 156 valence electrons. The van der Waals surface area contributed by atoms with Crippen molar-refractivity contribution in [3.8, 4) is 5.75 Å². The minimum absolute atomic E-state index is 0.0112. The summed E-state index contributed by atoms with van der Waals surface area (Å²) in [5, 5.41) is 2.27. The van der Waals surface area contributed by atoms with Gasteiger partial charge < -0.3 is 10.1 Å². The lowest BCUT2D eigenvalue weighted by Gasteiger charge is -2.21. The van der Waals surface area contributed by atoms with E-state index in [1.165, 1.54) is 29.6 Å². The largest absolute Gasteiger partial charge is 0.495 e. The van der Waals surface area contributed by atoms with E-state index >= 15 is 0 Å². The molecule has 0 aliphatic carbocycles. The van der Waals surface area contributed by atoms with Crippen LogP contribution in [-0.2, 0) is 10.0 Å². The summed E-state index contributed by atoms with van der Waals surface area (Å²) in [6, 6.07) is 6.63. The van der Waals surface area contributed by atoms with Crippen LogP contribution in [0.2, 0.25) is 0 Å². The molecule has 2 aromatic rings. The molecule has 9 heteroatoms. The number of ether oxygens (including phenoxy) is 1. The molecule has 1 amide bonds. The van der Waals surface area contributed by atoms with Gasteiger partial charge in [0.25, 0.3) is 5.91 Å². The Morgan fingerprint density at radius 2 is 1.72 bits per heavy atom. The van der Waals surface area contributed by atoms with Crippen LogP contribution in [0.5, 0.6) is 5.75 Å². The van der Waals surface area contributed by atoms with Crippen molar-refractivity contribution in [3.63, 3.8) is 0 Å². The fraction of sp³-hybridized carbons (Fsp3) is 0.350. The number of hydrogen-bond acceptors (Lipinski definition) is 4. The summed E-state index contributed by atoms with van der Waals surface area (Å²) in [7, 11) is -2.53. The van der Waals surface area contributed by atoms with Crippen molar-refractivity contribution in [2.24, 2.45) is 0 Å². The molecule has 6 nitrogen and oxygen atoms in total. The number of halogens is 2. The number of hydrogen-bond donors (Lipinski definition) is 1. The number of amides is 1. The molecule has 1 aliphatic heterocycles. The first-order valence-electron chi connectivity index (χ1n) is 9.27. The molecule has 0 aromatic heterocycles. The molecule has 1 aliphatic rings. The number of nitrogens with one attached hydrogen (secondary N) is 1. The number of carbonyl (C=O) groups is 1. The molecule has 0 bridgehead atoms. The van der Waals surface area contributed by atoms with E-state index < -0.39 is 27.6 Å². The van der Waals surface area contributed by atoms with E-state index in [2.05, 4.69) is 5.32 Å². The van der Waals surface area contributed by atoms with E-state index in [0.717, 1.165) is 43.9 Å². The highest BCUT2D eigenvalue weighted by atomic mass is 32.2.